The molecule has 0 aliphatic rings. The van der Waals surface area contributed by atoms with Gasteiger partial charge in [-0.05, 0) is 19.1 Å². The number of aliphatic imine (C=N–C) groups is 1. The van der Waals surface area contributed by atoms with Crippen LogP contribution < -0.4 is 0 Å². The van der Waals surface area contributed by atoms with Crippen molar-refractivity contribution in [1.82, 2.24) is 0 Å². The molecule has 0 heterocycles. The van der Waals surface area contributed by atoms with Crippen molar-refractivity contribution < 1.29 is 4.79 Å². The van der Waals surface area contributed by atoms with Crippen LogP contribution in [0.3, 0.4) is 0 Å². The minimum Gasteiger partial charge on any atom is -0.211 e. The molecule has 0 aliphatic carbocycles. The van der Waals surface area contributed by atoms with E-state index in [0.29, 0.717) is 5.70 Å². The molecule has 0 aromatic heterocycles. The van der Waals surface area contributed by atoms with E-state index >= 15 is 0 Å². The molecule has 0 saturated heterocycles. The van der Waals surface area contributed by atoms with Gasteiger partial charge >= 0.3 is 0 Å². The van der Waals surface area contributed by atoms with Gasteiger partial charge in [-0.1, -0.05) is 46.4 Å². The molecule has 2 nitrogen and oxygen atoms in total. The van der Waals surface area contributed by atoms with Crippen LogP contribution in [0.1, 0.15) is 34.6 Å². The molecule has 0 unspecified atom stereocenters. The lowest BCUT2D eigenvalue weighted by molar-refractivity contribution is 0.565. The summed E-state index contributed by atoms with van der Waals surface area (Å²) in [5, 5.41) is 0. The van der Waals surface area contributed by atoms with Crippen LogP contribution in [0, 0.1) is 0 Å². The molecule has 0 aliphatic heterocycles. The van der Waals surface area contributed by atoms with E-state index in [2.05, 4.69) is 11.6 Å². The van der Waals surface area contributed by atoms with Gasteiger partial charge in [-0.3, -0.25) is 0 Å². The summed E-state index contributed by atoms with van der Waals surface area (Å²) in [6, 6.07) is 0. The van der Waals surface area contributed by atoms with E-state index in [1.165, 1.54) is 6.08 Å². The predicted molar refractivity (Wildman–Crippen MR) is 63.9 cm³/mol. The van der Waals surface area contributed by atoms with E-state index in [1.54, 1.807) is 24.3 Å². The number of hydrogen-bond donors (Lipinski definition) is 0. The van der Waals surface area contributed by atoms with E-state index in [-0.39, 0.29) is 0 Å². The Labute approximate surface area is 87.8 Å². The van der Waals surface area contributed by atoms with Gasteiger partial charge in [0.1, 0.15) is 0 Å². The summed E-state index contributed by atoms with van der Waals surface area (Å²) in [7, 11) is 0. The molecule has 0 N–H and O–H groups in total. The molecule has 0 saturated carbocycles. The molecule has 0 aromatic carbocycles. The van der Waals surface area contributed by atoms with Crippen molar-refractivity contribution in [3.8, 4) is 0 Å². The van der Waals surface area contributed by atoms with E-state index < -0.39 is 0 Å². The zero-order valence-electron chi connectivity index (χ0n) is 9.87. The van der Waals surface area contributed by atoms with Crippen LogP contribution in [-0.4, -0.2) is 6.08 Å². The number of rotatable bonds is 3. The third kappa shape index (κ3) is 16.9. The van der Waals surface area contributed by atoms with E-state index in [9.17, 15) is 4.79 Å². The number of hydrogen-bond acceptors (Lipinski definition) is 2. The molecule has 0 bridgehead atoms. The summed E-state index contributed by atoms with van der Waals surface area (Å²) < 4.78 is 0. The van der Waals surface area contributed by atoms with Crippen LogP contribution in [0.2, 0.25) is 0 Å². The van der Waals surface area contributed by atoms with Gasteiger partial charge in [-0.25, -0.2) is 4.79 Å². The average molecular weight is 195 g/mol. The van der Waals surface area contributed by atoms with Gasteiger partial charge in [-0.15, -0.1) is 0 Å². The fourth-order valence-electron chi connectivity index (χ4n) is 0.474. The summed E-state index contributed by atoms with van der Waals surface area (Å²) in [6.07, 6.45) is 8.13. The molecule has 80 valence electrons. The Morgan fingerprint density at radius 3 is 2.07 bits per heavy atom. The first kappa shape index (κ1) is 18.4. The van der Waals surface area contributed by atoms with Gasteiger partial charge in [-0.2, -0.15) is 4.99 Å². The Balaban J connectivity index is -0.000000266. The minimum absolute atomic E-state index is 0.563. The lowest BCUT2D eigenvalue weighted by atomic mass is 10.3. The highest BCUT2D eigenvalue weighted by atomic mass is 16.1. The van der Waals surface area contributed by atoms with E-state index in [0.717, 1.165) is 0 Å². The zero-order chi connectivity index (χ0) is 11.8. The minimum atomic E-state index is 0.563. The molecule has 0 fully saturated rings. The summed E-state index contributed by atoms with van der Waals surface area (Å²) in [6.45, 7) is 13.3. The van der Waals surface area contributed by atoms with Gasteiger partial charge in [0.25, 0.3) is 0 Å². The highest BCUT2D eigenvalue weighted by Gasteiger charge is 1.80. The average Bonchev–Trinajstić information content (AvgIpc) is 2.25. The van der Waals surface area contributed by atoms with Crippen molar-refractivity contribution in [2.24, 2.45) is 4.99 Å². The lowest BCUT2D eigenvalue weighted by Gasteiger charge is -1.83. The molecule has 14 heavy (non-hydrogen) atoms. The molecule has 2 heteroatoms. The maximum atomic E-state index is 9.76. The van der Waals surface area contributed by atoms with Crippen LogP contribution in [0.25, 0.3) is 0 Å². The predicted octanol–water partition coefficient (Wildman–Crippen LogP) is 4.02. The first-order valence-electron chi connectivity index (χ1n) is 4.88. The van der Waals surface area contributed by atoms with Crippen LogP contribution in [-0.2, 0) is 4.79 Å². The Morgan fingerprint density at radius 1 is 1.29 bits per heavy atom. The molecule has 0 radical (unpaired) electrons. The second kappa shape index (κ2) is 22.6. The summed E-state index contributed by atoms with van der Waals surface area (Å²) in [4.78, 5) is 13.2. The molecule has 0 spiro atoms. The Morgan fingerprint density at radius 2 is 1.79 bits per heavy atom. The van der Waals surface area contributed by atoms with Gasteiger partial charge in [0.2, 0.25) is 6.08 Å². The lowest BCUT2D eigenvalue weighted by Crippen LogP contribution is -1.67. The molecule has 0 aromatic rings. The third-order valence-corrected chi connectivity index (χ3v) is 0.801. The van der Waals surface area contributed by atoms with Gasteiger partial charge < -0.3 is 0 Å². The van der Waals surface area contributed by atoms with Crippen molar-refractivity contribution in [3.05, 3.63) is 36.6 Å². The van der Waals surface area contributed by atoms with Crippen molar-refractivity contribution >= 4 is 6.08 Å². The smallest absolute Gasteiger partial charge is 0.211 e. The van der Waals surface area contributed by atoms with Crippen molar-refractivity contribution in [3.63, 3.8) is 0 Å². The molecular weight excluding hydrogens is 174 g/mol. The van der Waals surface area contributed by atoms with Crippen LogP contribution in [0.5, 0.6) is 0 Å². The molecular formula is C12H21NO. The first-order chi connectivity index (χ1) is 6.85. The van der Waals surface area contributed by atoms with Gasteiger partial charge in [0, 0.05) is 0 Å². The molecule has 0 rings (SSSR count). The maximum Gasteiger partial charge on any atom is 0.240 e. The van der Waals surface area contributed by atoms with E-state index in [4.69, 9.17) is 0 Å². The summed E-state index contributed by atoms with van der Waals surface area (Å²) in [5.74, 6) is 0. The van der Waals surface area contributed by atoms with Crippen LogP contribution in [0.4, 0.5) is 0 Å². The monoisotopic (exact) mass is 195 g/mol. The van der Waals surface area contributed by atoms with Crippen molar-refractivity contribution in [1.29, 1.82) is 0 Å². The fraction of sp³-hybridized carbons (Fsp3) is 0.417. The number of carbonyl (C=O) groups excluding carboxylic acids is 1. The fourth-order valence-corrected chi connectivity index (χ4v) is 0.474. The number of allylic oxidation sites excluding steroid dienone is 4. The second-order valence-electron chi connectivity index (χ2n) is 1.53. The highest BCUT2D eigenvalue weighted by molar-refractivity contribution is 5.40. The SMILES string of the molecule is C=C/C=C(\C=C/C)N=C=O.CC.CC. The second-order valence-corrected chi connectivity index (χ2v) is 1.53. The maximum absolute atomic E-state index is 9.76. The van der Waals surface area contributed by atoms with E-state index in [1.807, 2.05) is 34.6 Å². The summed E-state index contributed by atoms with van der Waals surface area (Å²) >= 11 is 0. The quantitative estimate of drug-likeness (QED) is 0.380. The topological polar surface area (TPSA) is 29.4 Å². The normalized spacial score (nSPS) is 8.79. The summed E-state index contributed by atoms with van der Waals surface area (Å²) in [5.41, 5.74) is 0.563. The van der Waals surface area contributed by atoms with Crippen LogP contribution in [0.15, 0.2) is 41.6 Å². The van der Waals surface area contributed by atoms with Gasteiger partial charge in [0.05, 0.1) is 5.70 Å². The standard InChI is InChI=1S/C8H9NO.2C2H6/c1-3-5-8(6-4-2)9-7-10;2*1-2/h3-6H,1H2,2H3;2*1-2H3/b6-4-,8-5+;;. The van der Waals surface area contributed by atoms with Gasteiger partial charge in [0.15, 0.2) is 0 Å². The Hall–Kier alpha value is -1.40. The molecule has 0 amide bonds. The number of nitrogens with zero attached hydrogens (tertiary/aromatic N) is 1. The first-order valence-corrected chi connectivity index (χ1v) is 4.88. The van der Waals surface area contributed by atoms with Crippen molar-refractivity contribution in [2.45, 2.75) is 34.6 Å². The van der Waals surface area contributed by atoms with Crippen molar-refractivity contribution in [2.75, 3.05) is 0 Å². The van der Waals surface area contributed by atoms with Crippen LogP contribution >= 0.6 is 0 Å². The molecule has 0 atom stereocenters. The third-order valence-electron chi connectivity index (χ3n) is 0.801. The number of isocyanates is 1. The largest absolute Gasteiger partial charge is 0.240 e. The Bertz CT molecular complexity index is 208. The Kier molecular flexibility index (Phi) is 29.7. The highest BCUT2D eigenvalue weighted by Crippen LogP contribution is 1.96. The zero-order valence-corrected chi connectivity index (χ0v) is 9.87.